The first-order chi connectivity index (χ1) is 9.22. The Labute approximate surface area is 114 Å². The van der Waals surface area contributed by atoms with Gasteiger partial charge in [-0.05, 0) is 43.9 Å². The quantitative estimate of drug-likeness (QED) is 0.768. The summed E-state index contributed by atoms with van der Waals surface area (Å²) >= 11 is 0. The van der Waals surface area contributed by atoms with Gasteiger partial charge in [-0.25, -0.2) is 0 Å². The van der Waals surface area contributed by atoms with Crippen LogP contribution in [0, 0.1) is 5.92 Å². The number of hydrogen-bond acceptors (Lipinski definition) is 2. The van der Waals surface area contributed by atoms with Gasteiger partial charge in [0.25, 0.3) is 0 Å². The Balaban J connectivity index is 1.65. The summed E-state index contributed by atoms with van der Waals surface area (Å²) in [6.45, 7) is 1.21. The number of likely N-dealkylation sites (tertiary alicyclic amines) is 1. The molecule has 3 aliphatic rings. The van der Waals surface area contributed by atoms with Gasteiger partial charge in [-0.2, -0.15) is 0 Å². The van der Waals surface area contributed by atoms with Crippen LogP contribution in [0.3, 0.4) is 0 Å². The summed E-state index contributed by atoms with van der Waals surface area (Å²) < 4.78 is 0. The lowest BCUT2D eigenvalue weighted by Gasteiger charge is -2.35. The van der Waals surface area contributed by atoms with E-state index in [2.05, 4.69) is 29.0 Å². The van der Waals surface area contributed by atoms with Crippen LogP contribution in [0.25, 0.3) is 0 Å². The second kappa shape index (κ2) is 4.07. The van der Waals surface area contributed by atoms with E-state index in [1.807, 2.05) is 12.1 Å². The van der Waals surface area contributed by atoms with Crippen molar-refractivity contribution in [2.75, 3.05) is 18.5 Å². The zero-order valence-electron chi connectivity index (χ0n) is 11.4. The summed E-state index contributed by atoms with van der Waals surface area (Å²) in [5, 5.41) is 0. The minimum absolute atomic E-state index is 0.301. The summed E-state index contributed by atoms with van der Waals surface area (Å²) in [6.07, 6.45) is 4.25. The maximum atomic E-state index is 12.4. The van der Waals surface area contributed by atoms with E-state index in [0.717, 1.165) is 12.3 Å². The zero-order valence-corrected chi connectivity index (χ0v) is 11.4. The predicted octanol–water partition coefficient (Wildman–Crippen LogP) is 2.06. The molecular formula is C16H20N2O. The monoisotopic (exact) mass is 256 g/mol. The fourth-order valence-corrected chi connectivity index (χ4v) is 4.33. The molecule has 3 heteroatoms. The van der Waals surface area contributed by atoms with Crippen molar-refractivity contribution < 1.29 is 4.79 Å². The molecule has 1 aromatic carbocycles. The third kappa shape index (κ3) is 1.71. The lowest BCUT2D eigenvalue weighted by Crippen LogP contribution is -2.43. The molecule has 1 saturated carbocycles. The van der Waals surface area contributed by atoms with Crippen molar-refractivity contribution in [2.45, 2.75) is 37.8 Å². The van der Waals surface area contributed by atoms with Crippen LogP contribution in [0.15, 0.2) is 24.3 Å². The first-order valence-electron chi connectivity index (χ1n) is 7.32. The van der Waals surface area contributed by atoms with E-state index in [9.17, 15) is 4.79 Å². The molecule has 3 nitrogen and oxygen atoms in total. The van der Waals surface area contributed by atoms with Gasteiger partial charge >= 0.3 is 0 Å². The normalized spacial score (nSPS) is 33.8. The minimum Gasteiger partial charge on any atom is -0.309 e. The van der Waals surface area contributed by atoms with E-state index in [-0.39, 0.29) is 0 Å². The molecule has 0 aromatic heterocycles. The molecule has 0 N–H and O–H groups in total. The van der Waals surface area contributed by atoms with Crippen molar-refractivity contribution in [2.24, 2.45) is 5.92 Å². The van der Waals surface area contributed by atoms with Gasteiger partial charge in [0.05, 0.1) is 6.42 Å². The number of carbonyl (C=O) groups excluding carboxylic acids is 1. The van der Waals surface area contributed by atoms with Crippen LogP contribution >= 0.6 is 0 Å². The van der Waals surface area contributed by atoms with Crippen LogP contribution in [0.5, 0.6) is 0 Å². The molecule has 1 amide bonds. The second-order valence-corrected chi connectivity index (χ2v) is 6.39. The molecule has 0 spiro atoms. The Morgan fingerprint density at radius 2 is 1.89 bits per heavy atom. The number of nitrogens with zero attached hydrogens (tertiary/aromatic N) is 2. The van der Waals surface area contributed by atoms with Crippen LogP contribution in [-0.2, 0) is 11.2 Å². The average Bonchev–Trinajstić information content (AvgIpc) is 2.85. The van der Waals surface area contributed by atoms with E-state index in [4.69, 9.17) is 0 Å². The first kappa shape index (κ1) is 11.5. The van der Waals surface area contributed by atoms with Gasteiger partial charge in [-0.15, -0.1) is 0 Å². The van der Waals surface area contributed by atoms with Gasteiger partial charge < -0.3 is 9.80 Å². The molecule has 1 saturated heterocycles. The lowest BCUT2D eigenvalue weighted by atomic mass is 9.85. The summed E-state index contributed by atoms with van der Waals surface area (Å²) in [5.74, 6) is 1.09. The van der Waals surface area contributed by atoms with Gasteiger partial charge in [-0.1, -0.05) is 18.2 Å². The highest BCUT2D eigenvalue weighted by atomic mass is 16.2. The number of hydrogen-bond donors (Lipinski definition) is 0. The highest BCUT2D eigenvalue weighted by Gasteiger charge is 2.42. The van der Waals surface area contributed by atoms with Gasteiger partial charge in [0.15, 0.2) is 0 Å². The number of para-hydroxylation sites is 1. The number of rotatable bonds is 1. The van der Waals surface area contributed by atoms with Gasteiger partial charge in [0, 0.05) is 24.3 Å². The Morgan fingerprint density at radius 1 is 1.11 bits per heavy atom. The average molecular weight is 256 g/mol. The Morgan fingerprint density at radius 3 is 2.74 bits per heavy atom. The molecule has 100 valence electrons. The third-order valence-electron chi connectivity index (χ3n) is 5.15. The fraction of sp³-hybridized carbons (Fsp3) is 0.562. The summed E-state index contributed by atoms with van der Waals surface area (Å²) in [6, 6.07) is 9.40. The maximum Gasteiger partial charge on any atom is 0.231 e. The van der Waals surface area contributed by atoms with Crippen LogP contribution in [0.1, 0.15) is 24.8 Å². The third-order valence-corrected chi connectivity index (χ3v) is 5.15. The number of anilines is 1. The molecule has 2 bridgehead atoms. The molecule has 0 radical (unpaired) electrons. The van der Waals surface area contributed by atoms with E-state index < -0.39 is 0 Å². The Kier molecular flexibility index (Phi) is 2.46. The molecule has 2 aliphatic heterocycles. The number of amides is 1. The summed E-state index contributed by atoms with van der Waals surface area (Å²) in [4.78, 5) is 16.9. The van der Waals surface area contributed by atoms with Crippen molar-refractivity contribution in [3.05, 3.63) is 29.8 Å². The second-order valence-electron chi connectivity index (χ2n) is 6.39. The molecule has 3 atom stereocenters. The molecule has 3 unspecified atom stereocenters. The molecule has 1 aromatic rings. The van der Waals surface area contributed by atoms with E-state index >= 15 is 0 Å². The van der Waals surface area contributed by atoms with Gasteiger partial charge in [-0.3, -0.25) is 4.79 Å². The van der Waals surface area contributed by atoms with Crippen molar-refractivity contribution in [1.29, 1.82) is 0 Å². The minimum atomic E-state index is 0.301. The van der Waals surface area contributed by atoms with Crippen LogP contribution in [0.2, 0.25) is 0 Å². The molecule has 2 fully saturated rings. The van der Waals surface area contributed by atoms with Crippen molar-refractivity contribution in [3.63, 3.8) is 0 Å². The summed E-state index contributed by atoms with van der Waals surface area (Å²) in [5.41, 5.74) is 2.38. The highest BCUT2D eigenvalue weighted by molar-refractivity contribution is 6.01. The van der Waals surface area contributed by atoms with Gasteiger partial charge in [0.2, 0.25) is 5.91 Å². The number of benzene rings is 1. The smallest absolute Gasteiger partial charge is 0.231 e. The van der Waals surface area contributed by atoms with E-state index in [0.29, 0.717) is 24.4 Å². The van der Waals surface area contributed by atoms with Crippen molar-refractivity contribution >= 4 is 11.6 Å². The number of carbonyl (C=O) groups is 1. The largest absolute Gasteiger partial charge is 0.309 e. The summed E-state index contributed by atoms with van der Waals surface area (Å²) in [7, 11) is 2.23. The van der Waals surface area contributed by atoms with Crippen molar-refractivity contribution in [1.82, 2.24) is 4.90 Å². The maximum absolute atomic E-state index is 12.4. The van der Waals surface area contributed by atoms with Crippen molar-refractivity contribution in [3.8, 4) is 0 Å². The van der Waals surface area contributed by atoms with Gasteiger partial charge in [0.1, 0.15) is 0 Å². The highest BCUT2D eigenvalue weighted by Crippen LogP contribution is 2.40. The predicted molar refractivity (Wildman–Crippen MR) is 75.2 cm³/mol. The number of fused-ring (bicyclic) bond motifs is 3. The standard InChI is InChI=1S/C16H20N2O/c1-17-10-11-6-13(17)9-14(7-11)18-15-5-3-2-4-12(15)8-16(18)19/h2-5,11,13-14H,6-10H2,1H3. The van der Waals surface area contributed by atoms with E-state index in [1.165, 1.54) is 30.6 Å². The van der Waals surface area contributed by atoms with Crippen LogP contribution in [-0.4, -0.2) is 36.5 Å². The molecular weight excluding hydrogens is 236 g/mol. The SMILES string of the molecule is CN1CC2CC1CC(N1C(=O)Cc3ccccc31)C2. The van der Waals surface area contributed by atoms with Crippen LogP contribution in [0.4, 0.5) is 5.69 Å². The molecule has 2 heterocycles. The lowest BCUT2D eigenvalue weighted by molar-refractivity contribution is -0.118. The first-order valence-corrected chi connectivity index (χ1v) is 7.32. The van der Waals surface area contributed by atoms with E-state index in [1.54, 1.807) is 0 Å². The topological polar surface area (TPSA) is 23.6 Å². The fourth-order valence-electron chi connectivity index (χ4n) is 4.33. The molecule has 1 aliphatic carbocycles. The molecule has 4 rings (SSSR count). The molecule has 19 heavy (non-hydrogen) atoms. The Bertz CT molecular complexity index is 525. The zero-order chi connectivity index (χ0) is 13.0. The van der Waals surface area contributed by atoms with Crippen LogP contribution < -0.4 is 4.90 Å². The Hall–Kier alpha value is -1.35.